The van der Waals surface area contributed by atoms with Gasteiger partial charge in [-0.25, -0.2) is 4.57 Å². The molecule has 0 aliphatic carbocycles. The van der Waals surface area contributed by atoms with Crippen molar-refractivity contribution in [3.05, 3.63) is 29.8 Å². The van der Waals surface area contributed by atoms with Crippen LogP contribution in [-0.4, -0.2) is 9.79 Å². The Labute approximate surface area is 119 Å². The van der Waals surface area contributed by atoms with Crippen LogP contribution < -0.4 is 34.1 Å². The van der Waals surface area contributed by atoms with Crippen LogP contribution in [0.4, 0.5) is 0 Å². The molecule has 6 heteroatoms. The van der Waals surface area contributed by atoms with E-state index in [4.69, 9.17) is 9.79 Å². The Morgan fingerprint density at radius 2 is 1.88 bits per heavy atom. The monoisotopic (exact) mass is 254 g/mol. The zero-order valence-electron chi connectivity index (χ0n) is 10.6. The van der Waals surface area contributed by atoms with E-state index in [1.807, 2.05) is 12.1 Å². The van der Waals surface area contributed by atoms with Crippen LogP contribution in [-0.2, 0) is 11.0 Å². The molecule has 0 amide bonds. The van der Waals surface area contributed by atoms with Crippen molar-refractivity contribution in [3.8, 4) is 5.75 Å². The number of benzene rings is 1. The maximum atomic E-state index is 10.5. The molecule has 0 radical (unpaired) electrons. The van der Waals surface area contributed by atoms with Gasteiger partial charge in [0.05, 0.1) is 0 Å². The summed E-state index contributed by atoms with van der Waals surface area (Å²) >= 11 is 0. The zero-order chi connectivity index (χ0) is 11.3. The molecule has 0 fully saturated rings. The third-order valence-corrected chi connectivity index (χ3v) is 2.42. The minimum absolute atomic E-state index is 0. The SMILES string of the molecule is CCCCc1ccc(OP(=O)(O)O)cc1.[H-].[Na+]. The maximum Gasteiger partial charge on any atom is 1.00 e. The molecule has 1 aromatic rings. The predicted molar refractivity (Wildman–Crippen MR) is 58.8 cm³/mol. The topological polar surface area (TPSA) is 66.8 Å². The molecule has 1 aromatic carbocycles. The Morgan fingerprint density at radius 1 is 1.31 bits per heavy atom. The maximum absolute atomic E-state index is 10.5. The van der Waals surface area contributed by atoms with E-state index in [1.54, 1.807) is 12.1 Å². The van der Waals surface area contributed by atoms with Crippen LogP contribution >= 0.6 is 7.82 Å². The quantitative estimate of drug-likeness (QED) is 0.555. The summed E-state index contributed by atoms with van der Waals surface area (Å²) in [5.74, 6) is 0.198. The number of hydrogen-bond donors (Lipinski definition) is 2. The Morgan fingerprint density at radius 3 is 2.31 bits per heavy atom. The normalized spacial score (nSPS) is 10.7. The fourth-order valence-corrected chi connectivity index (χ4v) is 1.63. The third kappa shape index (κ3) is 6.69. The third-order valence-electron chi connectivity index (χ3n) is 1.97. The van der Waals surface area contributed by atoms with Crippen molar-refractivity contribution in [2.24, 2.45) is 0 Å². The molecule has 0 atom stereocenters. The number of aryl methyl sites for hydroxylation is 1. The summed E-state index contributed by atoms with van der Waals surface area (Å²) in [6.45, 7) is 2.12. The summed E-state index contributed by atoms with van der Waals surface area (Å²) in [7, 11) is -4.42. The summed E-state index contributed by atoms with van der Waals surface area (Å²) in [4.78, 5) is 17.1. The van der Waals surface area contributed by atoms with Gasteiger partial charge >= 0.3 is 37.4 Å². The second-order valence-electron chi connectivity index (χ2n) is 3.33. The summed E-state index contributed by atoms with van der Waals surface area (Å²) in [6, 6.07) is 6.79. The van der Waals surface area contributed by atoms with Crippen molar-refractivity contribution < 1.29 is 49.9 Å². The minimum Gasteiger partial charge on any atom is -1.00 e. The van der Waals surface area contributed by atoms with Gasteiger partial charge in [-0.2, -0.15) is 0 Å². The van der Waals surface area contributed by atoms with Gasteiger partial charge in [-0.05, 0) is 30.5 Å². The standard InChI is InChI=1S/C10H15O4P.Na.H/c1-2-3-4-9-5-7-10(8-6-9)14-15(11,12)13;;/h5-8H,2-4H2,1H3,(H2,11,12,13);;/q;+1;-1. The fourth-order valence-electron chi connectivity index (χ4n) is 1.24. The van der Waals surface area contributed by atoms with Crippen LogP contribution in [0.3, 0.4) is 0 Å². The van der Waals surface area contributed by atoms with Crippen LogP contribution in [0.2, 0.25) is 0 Å². The number of phosphoric ester groups is 1. The molecule has 0 unspecified atom stereocenters. The Balaban J connectivity index is 0. The second kappa shape index (κ2) is 7.49. The second-order valence-corrected chi connectivity index (χ2v) is 4.49. The van der Waals surface area contributed by atoms with E-state index >= 15 is 0 Å². The molecule has 0 aliphatic rings. The largest absolute Gasteiger partial charge is 1.00 e. The predicted octanol–water partition coefficient (Wildman–Crippen LogP) is -0.383. The summed E-state index contributed by atoms with van der Waals surface area (Å²) in [6.07, 6.45) is 3.21. The van der Waals surface area contributed by atoms with Crippen LogP contribution in [0.15, 0.2) is 24.3 Å². The molecule has 0 spiro atoms. The van der Waals surface area contributed by atoms with Gasteiger partial charge in [-0.3, -0.25) is 9.79 Å². The van der Waals surface area contributed by atoms with Gasteiger partial charge < -0.3 is 5.95 Å². The molecule has 86 valence electrons. The first-order chi connectivity index (χ1) is 7.01. The summed E-state index contributed by atoms with van der Waals surface area (Å²) in [5, 5.41) is 0. The van der Waals surface area contributed by atoms with E-state index in [2.05, 4.69) is 11.4 Å². The Hall–Kier alpha value is 0.170. The summed E-state index contributed by atoms with van der Waals surface area (Å²) < 4.78 is 15.0. The van der Waals surface area contributed by atoms with Gasteiger partial charge in [0.2, 0.25) is 0 Å². The van der Waals surface area contributed by atoms with E-state index in [0.717, 1.165) is 24.8 Å². The smallest absolute Gasteiger partial charge is 1.00 e. The molecular weight excluding hydrogens is 238 g/mol. The molecule has 0 bridgehead atoms. The van der Waals surface area contributed by atoms with Crippen molar-refractivity contribution in [2.75, 3.05) is 0 Å². The number of unbranched alkanes of at least 4 members (excludes halogenated alkanes) is 1. The van der Waals surface area contributed by atoms with Gasteiger partial charge in [0.25, 0.3) is 0 Å². The molecule has 4 nitrogen and oxygen atoms in total. The molecule has 0 aliphatic heterocycles. The summed E-state index contributed by atoms with van der Waals surface area (Å²) in [5.41, 5.74) is 1.15. The zero-order valence-corrected chi connectivity index (χ0v) is 12.5. The molecule has 0 heterocycles. The Bertz CT molecular complexity index is 352. The fraction of sp³-hybridized carbons (Fsp3) is 0.400. The number of hydrogen-bond acceptors (Lipinski definition) is 2. The number of phosphoric acid groups is 1. The minimum atomic E-state index is -4.42. The molecule has 0 aromatic heterocycles. The van der Waals surface area contributed by atoms with E-state index in [-0.39, 0.29) is 36.7 Å². The average molecular weight is 254 g/mol. The van der Waals surface area contributed by atoms with Gasteiger partial charge in [0.1, 0.15) is 5.75 Å². The first-order valence-electron chi connectivity index (χ1n) is 4.85. The molecular formula is C10H16NaO4P. The van der Waals surface area contributed by atoms with Crippen LogP contribution in [0, 0.1) is 0 Å². The Kier molecular flexibility index (Phi) is 7.57. The van der Waals surface area contributed by atoms with Crippen molar-refractivity contribution in [2.45, 2.75) is 26.2 Å². The van der Waals surface area contributed by atoms with E-state index in [9.17, 15) is 4.57 Å². The van der Waals surface area contributed by atoms with Gasteiger partial charge in [-0.1, -0.05) is 25.5 Å². The van der Waals surface area contributed by atoms with E-state index < -0.39 is 7.82 Å². The first kappa shape index (κ1) is 16.2. The molecule has 1 rings (SSSR count). The van der Waals surface area contributed by atoms with Crippen LogP contribution in [0.1, 0.15) is 26.8 Å². The van der Waals surface area contributed by atoms with Gasteiger partial charge in [0, 0.05) is 0 Å². The average Bonchev–Trinajstić information content (AvgIpc) is 2.14. The number of rotatable bonds is 5. The van der Waals surface area contributed by atoms with Crippen LogP contribution in [0.25, 0.3) is 0 Å². The molecule has 0 saturated carbocycles. The van der Waals surface area contributed by atoms with Crippen molar-refractivity contribution >= 4 is 7.82 Å². The van der Waals surface area contributed by atoms with E-state index in [1.165, 1.54) is 0 Å². The molecule has 2 N–H and O–H groups in total. The van der Waals surface area contributed by atoms with Crippen molar-refractivity contribution in [1.82, 2.24) is 0 Å². The van der Waals surface area contributed by atoms with Gasteiger partial charge in [-0.15, -0.1) is 0 Å². The van der Waals surface area contributed by atoms with Crippen molar-refractivity contribution in [1.29, 1.82) is 0 Å². The molecule has 0 saturated heterocycles. The van der Waals surface area contributed by atoms with Crippen LogP contribution in [0.5, 0.6) is 5.75 Å². The van der Waals surface area contributed by atoms with Crippen molar-refractivity contribution in [3.63, 3.8) is 0 Å². The molecule has 16 heavy (non-hydrogen) atoms. The van der Waals surface area contributed by atoms with E-state index in [0.29, 0.717) is 0 Å². The van der Waals surface area contributed by atoms with Gasteiger partial charge in [0.15, 0.2) is 0 Å². The first-order valence-corrected chi connectivity index (χ1v) is 6.38.